The van der Waals surface area contributed by atoms with Crippen LogP contribution < -0.4 is 5.32 Å². The molecule has 8 heteroatoms. The van der Waals surface area contributed by atoms with Crippen LogP contribution in [0.3, 0.4) is 0 Å². The molecule has 0 aromatic carbocycles. The van der Waals surface area contributed by atoms with Crippen molar-refractivity contribution in [3.63, 3.8) is 0 Å². The summed E-state index contributed by atoms with van der Waals surface area (Å²) in [7, 11) is 3.92. The van der Waals surface area contributed by atoms with Gasteiger partial charge in [-0.05, 0) is 33.0 Å². The number of hydrogen-bond acceptors (Lipinski definition) is 4. The number of piperazine rings is 1. The Balaban J connectivity index is 0.00000312. The molecule has 0 saturated carbocycles. The van der Waals surface area contributed by atoms with Gasteiger partial charge in [-0.3, -0.25) is 9.79 Å². The van der Waals surface area contributed by atoms with Crippen molar-refractivity contribution >= 4 is 35.8 Å². The van der Waals surface area contributed by atoms with Crippen LogP contribution in [-0.2, 0) is 0 Å². The molecule has 1 N–H and O–H groups in total. The second-order valence-electron chi connectivity index (χ2n) is 6.30. The summed E-state index contributed by atoms with van der Waals surface area (Å²) in [6, 6.07) is 3.98. The second-order valence-corrected chi connectivity index (χ2v) is 6.30. The molecule has 1 aromatic rings. The molecule has 2 rings (SSSR count). The Hall–Kier alpha value is -1.29. The van der Waals surface area contributed by atoms with Crippen molar-refractivity contribution in [3.8, 4) is 0 Å². The quantitative estimate of drug-likeness (QED) is 0.408. The van der Waals surface area contributed by atoms with E-state index in [2.05, 4.69) is 41.0 Å². The van der Waals surface area contributed by atoms with E-state index in [4.69, 9.17) is 4.42 Å². The van der Waals surface area contributed by atoms with E-state index < -0.39 is 0 Å². The maximum atomic E-state index is 12.3. The number of carbonyl (C=O) groups excluding carboxylic acids is 1. The van der Waals surface area contributed by atoms with Gasteiger partial charge in [0.1, 0.15) is 0 Å². The zero-order valence-electron chi connectivity index (χ0n) is 15.6. The molecule has 7 nitrogen and oxygen atoms in total. The lowest BCUT2D eigenvalue weighted by molar-refractivity contribution is 0.0657. The molecule has 0 aliphatic carbocycles. The first kappa shape index (κ1) is 21.8. The monoisotopic (exact) mass is 463 g/mol. The molecular weight excluding hydrogens is 433 g/mol. The van der Waals surface area contributed by atoms with E-state index in [1.165, 1.54) is 6.26 Å². The SMILES string of the molecule is CN=C(NCCN(C)C(C)C)N1CCN(C(=O)c2ccco2)CC1.I. The molecule has 0 atom stereocenters. The normalized spacial score (nSPS) is 15.5. The molecule has 25 heavy (non-hydrogen) atoms. The van der Waals surface area contributed by atoms with Gasteiger partial charge in [0.05, 0.1) is 6.26 Å². The highest BCUT2D eigenvalue weighted by Crippen LogP contribution is 2.09. The summed E-state index contributed by atoms with van der Waals surface area (Å²) < 4.78 is 5.19. The first-order valence-electron chi connectivity index (χ1n) is 8.51. The van der Waals surface area contributed by atoms with E-state index in [0.29, 0.717) is 24.9 Å². The molecular formula is C17H30IN5O2. The number of amides is 1. The Morgan fingerprint density at radius 3 is 2.48 bits per heavy atom. The average molecular weight is 463 g/mol. The highest BCUT2D eigenvalue weighted by atomic mass is 127. The van der Waals surface area contributed by atoms with Gasteiger partial charge in [0.25, 0.3) is 5.91 Å². The van der Waals surface area contributed by atoms with Crippen molar-refractivity contribution in [2.45, 2.75) is 19.9 Å². The summed E-state index contributed by atoms with van der Waals surface area (Å²) in [5.74, 6) is 1.26. The molecule has 1 fully saturated rings. The number of aliphatic imine (C=N–C) groups is 1. The van der Waals surface area contributed by atoms with Gasteiger partial charge < -0.3 is 24.4 Å². The van der Waals surface area contributed by atoms with Crippen LogP contribution in [0.1, 0.15) is 24.4 Å². The number of carbonyl (C=O) groups is 1. The number of likely N-dealkylation sites (N-methyl/N-ethyl adjacent to an activating group) is 1. The maximum absolute atomic E-state index is 12.3. The van der Waals surface area contributed by atoms with Crippen molar-refractivity contribution in [2.75, 3.05) is 53.4 Å². The standard InChI is InChI=1S/C17H29N5O2.HI/c1-14(2)20(4)8-7-19-17(18-3)22-11-9-21(10-12-22)16(23)15-6-5-13-24-15;/h5-6,13-14H,7-12H2,1-4H3,(H,18,19);1H. The third-order valence-corrected chi connectivity index (χ3v) is 4.44. The number of guanidine groups is 1. The molecule has 0 spiro atoms. The molecule has 0 radical (unpaired) electrons. The molecule has 1 aliphatic heterocycles. The summed E-state index contributed by atoms with van der Waals surface area (Å²) in [4.78, 5) is 23.0. The number of nitrogens with one attached hydrogen (secondary N) is 1. The van der Waals surface area contributed by atoms with Gasteiger partial charge in [0.2, 0.25) is 0 Å². The Morgan fingerprint density at radius 2 is 1.96 bits per heavy atom. The van der Waals surface area contributed by atoms with Crippen molar-refractivity contribution in [1.82, 2.24) is 20.0 Å². The topological polar surface area (TPSA) is 64.3 Å². The van der Waals surface area contributed by atoms with Gasteiger partial charge in [-0.15, -0.1) is 24.0 Å². The average Bonchev–Trinajstić information content (AvgIpc) is 3.12. The Morgan fingerprint density at radius 1 is 1.32 bits per heavy atom. The van der Waals surface area contributed by atoms with Crippen molar-refractivity contribution in [3.05, 3.63) is 24.2 Å². The predicted molar refractivity (Wildman–Crippen MR) is 111 cm³/mol. The number of rotatable bonds is 5. The van der Waals surface area contributed by atoms with E-state index in [9.17, 15) is 4.79 Å². The molecule has 1 aromatic heterocycles. The Kier molecular flexibility index (Phi) is 9.26. The lowest BCUT2D eigenvalue weighted by Crippen LogP contribution is -2.54. The Bertz CT molecular complexity index is 539. The van der Waals surface area contributed by atoms with Crippen LogP contribution in [0, 0.1) is 0 Å². The molecule has 1 amide bonds. The first-order chi connectivity index (χ1) is 11.5. The number of furan rings is 1. The van der Waals surface area contributed by atoms with Gasteiger partial charge in [-0.1, -0.05) is 0 Å². The predicted octanol–water partition coefficient (Wildman–Crippen LogP) is 1.57. The lowest BCUT2D eigenvalue weighted by Gasteiger charge is -2.36. The van der Waals surface area contributed by atoms with E-state index in [0.717, 1.165) is 32.1 Å². The minimum Gasteiger partial charge on any atom is -0.459 e. The van der Waals surface area contributed by atoms with Crippen LogP contribution in [0.4, 0.5) is 0 Å². The van der Waals surface area contributed by atoms with Crippen molar-refractivity contribution < 1.29 is 9.21 Å². The van der Waals surface area contributed by atoms with Crippen LogP contribution >= 0.6 is 24.0 Å². The van der Waals surface area contributed by atoms with E-state index >= 15 is 0 Å². The lowest BCUT2D eigenvalue weighted by atomic mass is 10.3. The van der Waals surface area contributed by atoms with Gasteiger partial charge >= 0.3 is 0 Å². The van der Waals surface area contributed by atoms with Crippen LogP contribution in [0.25, 0.3) is 0 Å². The summed E-state index contributed by atoms with van der Waals surface area (Å²) >= 11 is 0. The van der Waals surface area contributed by atoms with Crippen LogP contribution in [0.15, 0.2) is 27.8 Å². The maximum Gasteiger partial charge on any atom is 0.289 e. The molecule has 2 heterocycles. The number of nitrogens with zero attached hydrogens (tertiary/aromatic N) is 4. The van der Waals surface area contributed by atoms with Crippen LogP contribution in [0.5, 0.6) is 0 Å². The smallest absolute Gasteiger partial charge is 0.289 e. The summed E-state index contributed by atoms with van der Waals surface area (Å²) in [5.41, 5.74) is 0. The van der Waals surface area contributed by atoms with Gasteiger partial charge in [-0.2, -0.15) is 0 Å². The van der Waals surface area contributed by atoms with Crippen molar-refractivity contribution in [2.24, 2.45) is 4.99 Å². The molecule has 0 bridgehead atoms. The number of hydrogen-bond donors (Lipinski definition) is 1. The summed E-state index contributed by atoms with van der Waals surface area (Å²) in [5, 5.41) is 3.41. The summed E-state index contributed by atoms with van der Waals surface area (Å²) in [6.07, 6.45) is 1.53. The molecule has 0 unspecified atom stereocenters. The van der Waals surface area contributed by atoms with E-state index in [-0.39, 0.29) is 29.9 Å². The first-order valence-corrected chi connectivity index (χ1v) is 8.51. The van der Waals surface area contributed by atoms with Gasteiger partial charge in [-0.25, -0.2) is 0 Å². The van der Waals surface area contributed by atoms with Crippen LogP contribution in [0.2, 0.25) is 0 Å². The van der Waals surface area contributed by atoms with Gasteiger partial charge in [0.15, 0.2) is 11.7 Å². The van der Waals surface area contributed by atoms with Gasteiger partial charge in [0, 0.05) is 52.4 Å². The third kappa shape index (κ3) is 6.18. The molecule has 142 valence electrons. The fourth-order valence-corrected chi connectivity index (χ4v) is 2.61. The highest BCUT2D eigenvalue weighted by molar-refractivity contribution is 14.0. The largest absolute Gasteiger partial charge is 0.459 e. The number of halogens is 1. The molecule has 1 saturated heterocycles. The van der Waals surface area contributed by atoms with Crippen LogP contribution in [-0.4, -0.2) is 86.0 Å². The summed E-state index contributed by atoms with van der Waals surface area (Å²) in [6.45, 7) is 9.07. The second kappa shape index (κ2) is 10.6. The minimum atomic E-state index is -0.0406. The Labute approximate surface area is 167 Å². The minimum absolute atomic E-state index is 0. The zero-order chi connectivity index (χ0) is 17.5. The fraction of sp³-hybridized carbons (Fsp3) is 0.647. The zero-order valence-corrected chi connectivity index (χ0v) is 17.9. The fourth-order valence-electron chi connectivity index (χ4n) is 2.61. The molecule has 1 aliphatic rings. The van der Waals surface area contributed by atoms with E-state index in [1.54, 1.807) is 19.2 Å². The highest BCUT2D eigenvalue weighted by Gasteiger charge is 2.25. The third-order valence-electron chi connectivity index (χ3n) is 4.44. The van der Waals surface area contributed by atoms with E-state index in [1.807, 2.05) is 4.90 Å². The van der Waals surface area contributed by atoms with Crippen molar-refractivity contribution in [1.29, 1.82) is 0 Å².